The summed E-state index contributed by atoms with van der Waals surface area (Å²) in [7, 11) is 3.04. The topological polar surface area (TPSA) is 58.6 Å². The zero-order valence-electron chi connectivity index (χ0n) is 16.7. The van der Waals surface area contributed by atoms with Gasteiger partial charge in [0.25, 0.3) is 0 Å². The number of benzene rings is 2. The van der Waals surface area contributed by atoms with E-state index in [1.165, 1.54) is 24.1 Å². The SMILES string of the molecule is COc1ccc(CN(C)C(=O)C(NC(=O)Cc2ccccc2)C(C)C)cc1F. The average molecular weight is 386 g/mol. The number of ether oxygens (including phenoxy) is 1. The number of rotatable bonds is 8. The van der Waals surface area contributed by atoms with Crippen molar-refractivity contribution >= 4 is 11.8 Å². The van der Waals surface area contributed by atoms with Crippen LogP contribution < -0.4 is 10.1 Å². The Labute approximate surface area is 165 Å². The summed E-state index contributed by atoms with van der Waals surface area (Å²) < 4.78 is 18.8. The molecule has 5 nitrogen and oxygen atoms in total. The molecule has 2 aromatic carbocycles. The number of nitrogens with zero attached hydrogens (tertiary/aromatic N) is 1. The smallest absolute Gasteiger partial charge is 0.245 e. The minimum Gasteiger partial charge on any atom is -0.494 e. The van der Waals surface area contributed by atoms with Crippen molar-refractivity contribution in [3.8, 4) is 5.75 Å². The predicted molar refractivity (Wildman–Crippen MR) is 106 cm³/mol. The molecule has 0 fully saturated rings. The van der Waals surface area contributed by atoms with Crippen LogP contribution in [0.4, 0.5) is 4.39 Å². The van der Waals surface area contributed by atoms with E-state index >= 15 is 0 Å². The van der Waals surface area contributed by atoms with E-state index in [1.807, 2.05) is 44.2 Å². The minimum atomic E-state index is -0.649. The number of methoxy groups -OCH3 is 1. The molecule has 0 saturated carbocycles. The summed E-state index contributed by atoms with van der Waals surface area (Å²) in [6.07, 6.45) is 0.213. The summed E-state index contributed by atoms with van der Waals surface area (Å²) in [5, 5.41) is 2.84. The molecule has 2 rings (SSSR count). The molecule has 0 aliphatic heterocycles. The van der Waals surface area contributed by atoms with Crippen LogP contribution in [0.5, 0.6) is 5.75 Å². The van der Waals surface area contributed by atoms with Gasteiger partial charge in [0.1, 0.15) is 6.04 Å². The highest BCUT2D eigenvalue weighted by Crippen LogP contribution is 2.19. The fourth-order valence-corrected chi connectivity index (χ4v) is 2.92. The minimum absolute atomic E-state index is 0.0812. The zero-order valence-corrected chi connectivity index (χ0v) is 16.7. The van der Waals surface area contributed by atoms with Crippen molar-refractivity contribution in [2.75, 3.05) is 14.2 Å². The molecule has 6 heteroatoms. The van der Waals surface area contributed by atoms with E-state index in [2.05, 4.69) is 5.32 Å². The number of amides is 2. The van der Waals surface area contributed by atoms with Gasteiger partial charge in [-0.25, -0.2) is 4.39 Å². The first-order chi connectivity index (χ1) is 13.3. The van der Waals surface area contributed by atoms with Gasteiger partial charge < -0.3 is 15.0 Å². The van der Waals surface area contributed by atoms with Crippen LogP contribution in [0.15, 0.2) is 48.5 Å². The Hall–Kier alpha value is -2.89. The van der Waals surface area contributed by atoms with Crippen LogP contribution in [0.1, 0.15) is 25.0 Å². The molecule has 1 N–H and O–H groups in total. The van der Waals surface area contributed by atoms with E-state index in [-0.39, 0.29) is 36.4 Å². The van der Waals surface area contributed by atoms with Crippen molar-refractivity contribution in [1.82, 2.24) is 10.2 Å². The number of carbonyl (C=O) groups is 2. The Balaban J connectivity index is 2.02. The van der Waals surface area contributed by atoms with Gasteiger partial charge in [-0.1, -0.05) is 50.2 Å². The van der Waals surface area contributed by atoms with Gasteiger partial charge in [-0.15, -0.1) is 0 Å². The second-order valence-electron chi connectivity index (χ2n) is 7.11. The van der Waals surface area contributed by atoms with Crippen LogP contribution >= 0.6 is 0 Å². The molecule has 2 amide bonds. The normalized spacial score (nSPS) is 11.8. The number of hydrogen-bond acceptors (Lipinski definition) is 3. The number of nitrogens with one attached hydrogen (secondary N) is 1. The van der Waals surface area contributed by atoms with Crippen LogP contribution in [-0.4, -0.2) is 36.9 Å². The second kappa shape index (κ2) is 9.88. The molecule has 0 spiro atoms. The van der Waals surface area contributed by atoms with Crippen molar-refractivity contribution in [2.45, 2.75) is 32.9 Å². The Morgan fingerprint density at radius 2 is 1.79 bits per heavy atom. The van der Waals surface area contributed by atoms with Gasteiger partial charge in [-0.2, -0.15) is 0 Å². The molecule has 2 aromatic rings. The lowest BCUT2D eigenvalue weighted by Crippen LogP contribution is -2.50. The van der Waals surface area contributed by atoms with Gasteiger partial charge >= 0.3 is 0 Å². The lowest BCUT2D eigenvalue weighted by atomic mass is 10.0. The molecule has 0 radical (unpaired) electrons. The van der Waals surface area contributed by atoms with Crippen molar-refractivity contribution in [3.05, 3.63) is 65.5 Å². The van der Waals surface area contributed by atoms with E-state index < -0.39 is 11.9 Å². The molecule has 0 bridgehead atoms. The number of carbonyl (C=O) groups excluding carboxylic acids is 2. The quantitative estimate of drug-likeness (QED) is 0.758. The maximum Gasteiger partial charge on any atom is 0.245 e. The molecule has 0 saturated heterocycles. The first-order valence-corrected chi connectivity index (χ1v) is 9.22. The molecule has 1 unspecified atom stereocenters. The van der Waals surface area contributed by atoms with E-state index in [9.17, 15) is 14.0 Å². The highest BCUT2D eigenvalue weighted by atomic mass is 19.1. The standard InChI is InChI=1S/C22H27FN2O3/c1-15(2)21(24-20(26)13-16-8-6-5-7-9-16)22(27)25(3)14-17-10-11-19(28-4)18(23)12-17/h5-12,15,21H,13-14H2,1-4H3,(H,24,26). The van der Waals surface area contributed by atoms with Gasteiger partial charge in [-0.05, 0) is 29.2 Å². The third-order valence-electron chi connectivity index (χ3n) is 4.47. The molecular formula is C22H27FN2O3. The highest BCUT2D eigenvalue weighted by molar-refractivity contribution is 5.88. The van der Waals surface area contributed by atoms with Gasteiger partial charge in [0, 0.05) is 13.6 Å². The van der Waals surface area contributed by atoms with Gasteiger partial charge in [0.2, 0.25) is 11.8 Å². The maximum absolute atomic E-state index is 13.9. The Morgan fingerprint density at radius 3 is 2.36 bits per heavy atom. The summed E-state index contributed by atoms with van der Waals surface area (Å²) in [5.74, 6) is -0.819. The first kappa shape index (κ1) is 21.4. The van der Waals surface area contributed by atoms with Gasteiger partial charge in [-0.3, -0.25) is 9.59 Å². The monoisotopic (exact) mass is 386 g/mol. The van der Waals surface area contributed by atoms with Crippen LogP contribution in [0.3, 0.4) is 0 Å². The molecule has 0 aromatic heterocycles. The lowest BCUT2D eigenvalue weighted by Gasteiger charge is -2.27. The molecule has 0 heterocycles. The number of hydrogen-bond donors (Lipinski definition) is 1. The van der Waals surface area contributed by atoms with Crippen molar-refractivity contribution < 1.29 is 18.7 Å². The molecular weight excluding hydrogens is 359 g/mol. The van der Waals surface area contributed by atoms with Crippen LogP contribution in [0, 0.1) is 11.7 Å². The van der Waals surface area contributed by atoms with Gasteiger partial charge in [0.05, 0.1) is 13.5 Å². The molecule has 150 valence electrons. The summed E-state index contributed by atoms with van der Waals surface area (Å²) in [5.41, 5.74) is 1.53. The Morgan fingerprint density at radius 1 is 1.11 bits per heavy atom. The molecule has 0 aliphatic rings. The number of likely N-dealkylation sites (N-methyl/N-ethyl adjacent to an activating group) is 1. The fourth-order valence-electron chi connectivity index (χ4n) is 2.92. The second-order valence-corrected chi connectivity index (χ2v) is 7.11. The summed E-state index contributed by atoms with van der Waals surface area (Å²) in [4.78, 5) is 26.8. The largest absolute Gasteiger partial charge is 0.494 e. The molecule has 28 heavy (non-hydrogen) atoms. The maximum atomic E-state index is 13.9. The summed E-state index contributed by atoms with van der Waals surface area (Å²) in [6.45, 7) is 4.00. The third-order valence-corrected chi connectivity index (χ3v) is 4.47. The van der Waals surface area contributed by atoms with Crippen LogP contribution in [-0.2, 0) is 22.6 Å². The van der Waals surface area contributed by atoms with E-state index in [0.29, 0.717) is 5.56 Å². The van der Waals surface area contributed by atoms with Crippen LogP contribution in [0.25, 0.3) is 0 Å². The van der Waals surface area contributed by atoms with Crippen molar-refractivity contribution in [3.63, 3.8) is 0 Å². The summed E-state index contributed by atoms with van der Waals surface area (Å²) >= 11 is 0. The zero-order chi connectivity index (χ0) is 20.7. The van der Waals surface area contributed by atoms with Crippen molar-refractivity contribution in [1.29, 1.82) is 0 Å². The highest BCUT2D eigenvalue weighted by Gasteiger charge is 2.27. The summed E-state index contributed by atoms with van der Waals surface area (Å²) in [6, 6.07) is 13.3. The lowest BCUT2D eigenvalue weighted by molar-refractivity contribution is -0.136. The number of halogens is 1. The predicted octanol–water partition coefficient (Wildman–Crippen LogP) is 3.18. The van der Waals surface area contributed by atoms with Crippen LogP contribution in [0.2, 0.25) is 0 Å². The van der Waals surface area contributed by atoms with E-state index in [4.69, 9.17) is 4.74 Å². The molecule has 0 aliphatic carbocycles. The Kier molecular flexibility index (Phi) is 7.55. The van der Waals surface area contributed by atoms with E-state index in [0.717, 1.165) is 5.56 Å². The third kappa shape index (κ3) is 5.81. The van der Waals surface area contributed by atoms with Crippen molar-refractivity contribution in [2.24, 2.45) is 5.92 Å². The molecule has 1 atom stereocenters. The van der Waals surface area contributed by atoms with E-state index in [1.54, 1.807) is 13.1 Å². The first-order valence-electron chi connectivity index (χ1n) is 9.22. The van der Waals surface area contributed by atoms with Gasteiger partial charge in [0.15, 0.2) is 11.6 Å². The fraction of sp³-hybridized carbons (Fsp3) is 0.364. The average Bonchev–Trinajstić information content (AvgIpc) is 2.66. The Bertz CT molecular complexity index is 809.